The van der Waals surface area contributed by atoms with Gasteiger partial charge in [-0.1, -0.05) is 30.7 Å². The van der Waals surface area contributed by atoms with E-state index >= 15 is 0 Å². The third kappa shape index (κ3) is 5.25. The van der Waals surface area contributed by atoms with E-state index in [1.165, 1.54) is 0 Å². The van der Waals surface area contributed by atoms with Crippen LogP contribution in [0.1, 0.15) is 41.6 Å². The maximum Gasteiger partial charge on any atom is 0.250 e. The van der Waals surface area contributed by atoms with Gasteiger partial charge in [0.1, 0.15) is 11.8 Å². The number of halogens is 1. The summed E-state index contributed by atoms with van der Waals surface area (Å²) in [4.78, 5) is 22.3. The first-order chi connectivity index (χ1) is 17.1. The van der Waals surface area contributed by atoms with Crippen LogP contribution in [0.15, 0.2) is 53.5 Å². The molecule has 6 nitrogen and oxygen atoms in total. The van der Waals surface area contributed by atoms with E-state index in [4.69, 9.17) is 17.3 Å². The van der Waals surface area contributed by atoms with Crippen molar-refractivity contribution in [3.05, 3.63) is 75.8 Å². The number of carbonyl (C=O) groups is 1. The highest BCUT2D eigenvalue weighted by atomic mass is 35.5. The van der Waals surface area contributed by atoms with Gasteiger partial charge in [-0.15, -0.1) is 0 Å². The van der Waals surface area contributed by atoms with Crippen molar-refractivity contribution in [1.29, 1.82) is 0 Å². The second-order valence-corrected chi connectivity index (χ2v) is 10.1. The fraction of sp³-hybridized carbons (Fsp3) is 0.310. The molecule has 3 aromatic rings. The molecule has 1 amide bonds. The van der Waals surface area contributed by atoms with Crippen LogP contribution in [0.3, 0.4) is 0 Å². The topological polar surface area (TPSA) is 82.2 Å². The molecule has 0 saturated heterocycles. The number of anilines is 1. The van der Waals surface area contributed by atoms with E-state index in [1.807, 2.05) is 44.7 Å². The van der Waals surface area contributed by atoms with Gasteiger partial charge in [-0.3, -0.25) is 4.79 Å². The summed E-state index contributed by atoms with van der Waals surface area (Å²) < 4.78 is 0. The van der Waals surface area contributed by atoms with Crippen LogP contribution in [-0.4, -0.2) is 41.9 Å². The molecule has 36 heavy (non-hydrogen) atoms. The molecular weight excluding hydrogens is 472 g/mol. The van der Waals surface area contributed by atoms with Crippen molar-refractivity contribution >= 4 is 35.2 Å². The highest BCUT2D eigenvalue weighted by Crippen LogP contribution is 2.43. The molecule has 188 valence electrons. The lowest BCUT2D eigenvalue weighted by molar-refractivity contribution is -0.131. The predicted molar refractivity (Wildman–Crippen MR) is 148 cm³/mol. The Labute approximate surface area is 218 Å². The van der Waals surface area contributed by atoms with Gasteiger partial charge in [-0.25, -0.2) is 4.99 Å². The Morgan fingerprint density at radius 3 is 2.39 bits per heavy atom. The number of fused-ring (bicyclic) bond motifs is 1. The van der Waals surface area contributed by atoms with Crippen LogP contribution in [-0.2, 0) is 4.79 Å². The number of carbonyl (C=O) groups excluding carboxylic acids is 1. The third-order valence-electron chi connectivity index (χ3n) is 6.53. The van der Waals surface area contributed by atoms with Crippen LogP contribution in [0.5, 0.6) is 5.75 Å². The first kappa shape index (κ1) is 25.7. The summed E-state index contributed by atoms with van der Waals surface area (Å²) in [6.07, 6.45) is 2.49. The number of hydrogen-bond donors (Lipinski definition) is 2. The van der Waals surface area contributed by atoms with Crippen LogP contribution in [0, 0.1) is 20.8 Å². The summed E-state index contributed by atoms with van der Waals surface area (Å²) >= 11 is 6.69. The summed E-state index contributed by atoms with van der Waals surface area (Å²) in [5.41, 5.74) is 13.1. The van der Waals surface area contributed by atoms with Crippen molar-refractivity contribution in [3.8, 4) is 16.9 Å². The molecule has 3 N–H and O–H groups in total. The zero-order chi connectivity index (χ0) is 26.1. The lowest BCUT2D eigenvalue weighted by atomic mass is 9.93. The number of amides is 1. The lowest BCUT2D eigenvalue weighted by Crippen LogP contribution is -2.46. The number of nitrogens with two attached hydrogens (primary N) is 1. The van der Waals surface area contributed by atoms with E-state index in [1.54, 1.807) is 36.5 Å². The number of phenols is 1. The SMILES string of the molecule is CC[C@H](N)CN(C)C(=O)C1c2cc(-c3cc(C)cc(O)c3)c(Cl)cc2N=CN1c1cc(C)cc(C)c1. The van der Waals surface area contributed by atoms with Crippen molar-refractivity contribution in [2.24, 2.45) is 10.7 Å². The molecule has 7 heteroatoms. The average molecular weight is 505 g/mol. The Kier molecular flexibility index (Phi) is 7.38. The average Bonchev–Trinajstić information content (AvgIpc) is 2.81. The van der Waals surface area contributed by atoms with Gasteiger partial charge in [-0.05, 0) is 85.8 Å². The number of benzene rings is 3. The summed E-state index contributed by atoms with van der Waals surface area (Å²) in [5.74, 6) is 0.0837. The number of phenolic OH excluding ortho intramolecular Hbond substituents is 1. The minimum Gasteiger partial charge on any atom is -0.508 e. The number of likely N-dealkylation sites (N-methyl/N-ethyl adjacent to an activating group) is 1. The minimum atomic E-state index is -0.651. The van der Waals surface area contributed by atoms with Crippen LogP contribution >= 0.6 is 11.6 Å². The molecular formula is C29H33ClN4O2. The molecule has 0 bridgehead atoms. The summed E-state index contributed by atoms with van der Waals surface area (Å²) in [6, 6.07) is 14.5. The molecule has 0 fully saturated rings. The fourth-order valence-electron chi connectivity index (χ4n) is 4.74. The Morgan fingerprint density at radius 1 is 1.08 bits per heavy atom. The number of aliphatic imine (C=N–C) groups is 1. The largest absolute Gasteiger partial charge is 0.508 e. The van der Waals surface area contributed by atoms with Crippen LogP contribution in [0.4, 0.5) is 11.4 Å². The van der Waals surface area contributed by atoms with E-state index in [9.17, 15) is 9.90 Å². The van der Waals surface area contributed by atoms with Gasteiger partial charge in [0.2, 0.25) is 5.91 Å². The first-order valence-corrected chi connectivity index (χ1v) is 12.5. The van der Waals surface area contributed by atoms with Gasteiger partial charge in [0.25, 0.3) is 0 Å². The highest BCUT2D eigenvalue weighted by molar-refractivity contribution is 6.33. The number of rotatable bonds is 6. The van der Waals surface area contributed by atoms with Crippen molar-refractivity contribution in [2.45, 2.75) is 46.2 Å². The van der Waals surface area contributed by atoms with Gasteiger partial charge >= 0.3 is 0 Å². The van der Waals surface area contributed by atoms with Gasteiger partial charge < -0.3 is 20.6 Å². The Balaban J connectivity index is 1.88. The molecule has 0 aromatic heterocycles. The van der Waals surface area contributed by atoms with E-state index in [-0.39, 0.29) is 17.7 Å². The minimum absolute atomic E-state index is 0.0779. The molecule has 2 atom stereocenters. The summed E-state index contributed by atoms with van der Waals surface area (Å²) in [6.45, 7) is 8.46. The smallest absolute Gasteiger partial charge is 0.250 e. The molecule has 0 saturated carbocycles. The van der Waals surface area contributed by atoms with E-state index < -0.39 is 6.04 Å². The quantitative estimate of drug-likeness (QED) is 0.427. The Morgan fingerprint density at radius 2 is 1.75 bits per heavy atom. The number of hydrogen-bond acceptors (Lipinski definition) is 5. The van der Waals surface area contributed by atoms with E-state index in [0.717, 1.165) is 45.5 Å². The number of aryl methyl sites for hydroxylation is 3. The summed E-state index contributed by atoms with van der Waals surface area (Å²) in [7, 11) is 1.79. The number of nitrogens with zero attached hydrogens (tertiary/aromatic N) is 3. The molecule has 0 radical (unpaired) electrons. The zero-order valence-electron chi connectivity index (χ0n) is 21.4. The van der Waals surface area contributed by atoms with Crippen LogP contribution in [0.2, 0.25) is 5.02 Å². The van der Waals surface area contributed by atoms with Crippen molar-refractivity contribution in [3.63, 3.8) is 0 Å². The van der Waals surface area contributed by atoms with Crippen LogP contribution < -0.4 is 10.6 Å². The standard InChI is InChI=1S/C29H33ClN4O2/c1-6-21(31)15-33(5)29(36)28-25-13-24(20-8-19(4)11-23(35)12-20)26(30)14-27(25)32-16-34(28)22-9-17(2)7-18(3)10-22/h7-14,16,21,28,35H,6,15,31H2,1-5H3/t21-,28?/m0/s1. The van der Waals surface area contributed by atoms with Crippen LogP contribution in [0.25, 0.3) is 11.1 Å². The van der Waals surface area contributed by atoms with E-state index in [2.05, 4.69) is 23.2 Å². The Bertz CT molecular complexity index is 1300. The second kappa shape index (κ2) is 10.3. The van der Waals surface area contributed by atoms with Gasteiger partial charge in [-0.2, -0.15) is 0 Å². The van der Waals surface area contributed by atoms with E-state index in [0.29, 0.717) is 17.3 Å². The predicted octanol–water partition coefficient (Wildman–Crippen LogP) is 6.05. The number of aromatic hydroxyl groups is 1. The molecule has 0 aliphatic carbocycles. The molecule has 1 aliphatic heterocycles. The second-order valence-electron chi connectivity index (χ2n) is 9.74. The monoisotopic (exact) mass is 504 g/mol. The third-order valence-corrected chi connectivity index (χ3v) is 6.84. The molecule has 1 aliphatic rings. The maximum atomic E-state index is 14.0. The zero-order valence-corrected chi connectivity index (χ0v) is 22.2. The molecule has 4 rings (SSSR count). The van der Waals surface area contributed by atoms with Gasteiger partial charge in [0.05, 0.1) is 17.0 Å². The van der Waals surface area contributed by atoms with Crippen molar-refractivity contribution < 1.29 is 9.90 Å². The highest BCUT2D eigenvalue weighted by Gasteiger charge is 2.35. The molecule has 0 spiro atoms. The van der Waals surface area contributed by atoms with Gasteiger partial charge in [0, 0.05) is 36.4 Å². The molecule has 1 heterocycles. The fourth-order valence-corrected chi connectivity index (χ4v) is 5.00. The Hall–Kier alpha value is -3.35. The normalized spacial score (nSPS) is 15.5. The molecule has 3 aromatic carbocycles. The molecule has 1 unspecified atom stereocenters. The summed E-state index contributed by atoms with van der Waals surface area (Å²) in [5, 5.41) is 10.7. The first-order valence-electron chi connectivity index (χ1n) is 12.1. The van der Waals surface area contributed by atoms with Crippen molar-refractivity contribution in [2.75, 3.05) is 18.5 Å². The lowest BCUT2D eigenvalue weighted by Gasteiger charge is -2.36. The van der Waals surface area contributed by atoms with Crippen molar-refractivity contribution in [1.82, 2.24) is 4.90 Å². The maximum absolute atomic E-state index is 14.0. The van der Waals surface area contributed by atoms with Gasteiger partial charge in [0.15, 0.2) is 0 Å².